The van der Waals surface area contributed by atoms with Gasteiger partial charge in [0.2, 0.25) is 0 Å². The highest BCUT2D eigenvalue weighted by Crippen LogP contribution is 2.28. The van der Waals surface area contributed by atoms with Crippen molar-refractivity contribution in [2.45, 2.75) is 59.5 Å². The van der Waals surface area contributed by atoms with Crippen LogP contribution < -0.4 is 10.6 Å². The van der Waals surface area contributed by atoms with Crippen LogP contribution in [-0.4, -0.2) is 33.3 Å². The van der Waals surface area contributed by atoms with E-state index in [2.05, 4.69) is 46.6 Å². The quantitative estimate of drug-likeness (QED) is 0.435. The van der Waals surface area contributed by atoms with Crippen LogP contribution in [0.25, 0.3) is 0 Å². The van der Waals surface area contributed by atoms with Gasteiger partial charge in [-0.1, -0.05) is 13.8 Å². The zero-order valence-corrected chi connectivity index (χ0v) is 17.3. The Morgan fingerprint density at radius 3 is 2.39 bits per heavy atom. The van der Waals surface area contributed by atoms with Gasteiger partial charge in [-0.2, -0.15) is 0 Å². The number of nitrogens with zero attached hydrogens (tertiary/aromatic N) is 4. The fourth-order valence-electron chi connectivity index (χ4n) is 3.32. The Labute approximate surface area is 157 Å². The largest absolute Gasteiger partial charge is 0.357 e. The molecule has 0 amide bonds. The van der Waals surface area contributed by atoms with Crippen LogP contribution in [0, 0.1) is 18.8 Å². The molecule has 0 bridgehead atoms. The number of nitrogens with one attached hydrogen (secondary N) is 2. The second-order valence-corrected chi connectivity index (χ2v) is 6.68. The van der Waals surface area contributed by atoms with Crippen LogP contribution >= 0.6 is 24.0 Å². The lowest BCUT2D eigenvalue weighted by Crippen LogP contribution is -2.46. The minimum Gasteiger partial charge on any atom is -0.357 e. The standard InChI is InChI=1S/C16H30N6.HI/c1-6-17-16(18-10-15-21-20-13(4)22(15)5)19-14-8-11(2)7-12(3)9-14;/h11-12,14H,6-10H2,1-5H3,(H2,17,18,19);1H. The Kier molecular flexibility index (Phi) is 8.28. The summed E-state index contributed by atoms with van der Waals surface area (Å²) in [6, 6.07) is 0.512. The van der Waals surface area contributed by atoms with Crippen LogP contribution in [0.15, 0.2) is 4.99 Å². The Morgan fingerprint density at radius 2 is 1.87 bits per heavy atom. The first-order valence-corrected chi connectivity index (χ1v) is 8.39. The molecule has 7 heteroatoms. The highest BCUT2D eigenvalue weighted by atomic mass is 127. The van der Waals surface area contributed by atoms with Crippen LogP contribution in [0.4, 0.5) is 0 Å². The van der Waals surface area contributed by atoms with Crippen LogP contribution in [0.3, 0.4) is 0 Å². The second kappa shape index (κ2) is 9.44. The Morgan fingerprint density at radius 1 is 1.22 bits per heavy atom. The molecule has 0 radical (unpaired) electrons. The summed E-state index contributed by atoms with van der Waals surface area (Å²) in [7, 11) is 1.98. The molecule has 6 nitrogen and oxygen atoms in total. The van der Waals surface area contributed by atoms with Crippen LogP contribution in [0.5, 0.6) is 0 Å². The van der Waals surface area contributed by atoms with Crippen molar-refractivity contribution < 1.29 is 0 Å². The van der Waals surface area contributed by atoms with E-state index in [1.807, 2.05) is 18.5 Å². The van der Waals surface area contributed by atoms with Crippen molar-refractivity contribution in [2.24, 2.45) is 23.9 Å². The molecule has 132 valence electrons. The summed E-state index contributed by atoms with van der Waals surface area (Å²) in [6.45, 7) is 10.1. The lowest BCUT2D eigenvalue weighted by molar-refractivity contribution is 0.255. The van der Waals surface area contributed by atoms with Crippen molar-refractivity contribution >= 4 is 29.9 Å². The first kappa shape index (κ1) is 20.2. The highest BCUT2D eigenvalue weighted by Gasteiger charge is 2.24. The van der Waals surface area contributed by atoms with E-state index in [4.69, 9.17) is 0 Å². The molecule has 0 saturated heterocycles. The molecule has 0 spiro atoms. The summed E-state index contributed by atoms with van der Waals surface area (Å²) >= 11 is 0. The van der Waals surface area contributed by atoms with Gasteiger partial charge in [0.1, 0.15) is 12.4 Å². The fourth-order valence-corrected chi connectivity index (χ4v) is 3.32. The number of hydrogen-bond donors (Lipinski definition) is 2. The van der Waals surface area contributed by atoms with Gasteiger partial charge < -0.3 is 15.2 Å². The molecule has 0 aliphatic heterocycles. The average molecular weight is 434 g/mol. The van der Waals surface area contributed by atoms with E-state index < -0.39 is 0 Å². The molecule has 2 N–H and O–H groups in total. The van der Waals surface area contributed by atoms with E-state index in [1.54, 1.807) is 0 Å². The molecule has 1 saturated carbocycles. The maximum absolute atomic E-state index is 4.67. The Bertz CT molecular complexity index is 503. The van der Waals surface area contributed by atoms with Crippen molar-refractivity contribution in [3.05, 3.63) is 11.6 Å². The van der Waals surface area contributed by atoms with Crippen LogP contribution in [-0.2, 0) is 13.6 Å². The number of aryl methyl sites for hydroxylation is 1. The molecule has 1 aromatic rings. The third-order valence-electron chi connectivity index (χ3n) is 4.42. The summed E-state index contributed by atoms with van der Waals surface area (Å²) in [5.74, 6) is 4.25. The van der Waals surface area contributed by atoms with Gasteiger partial charge in [0.15, 0.2) is 11.8 Å². The van der Waals surface area contributed by atoms with E-state index in [1.165, 1.54) is 19.3 Å². The minimum absolute atomic E-state index is 0. The third-order valence-corrected chi connectivity index (χ3v) is 4.42. The first-order valence-electron chi connectivity index (χ1n) is 8.39. The molecule has 1 aliphatic carbocycles. The van der Waals surface area contributed by atoms with Gasteiger partial charge in [-0.3, -0.25) is 0 Å². The monoisotopic (exact) mass is 434 g/mol. The van der Waals surface area contributed by atoms with Gasteiger partial charge in [0.05, 0.1) is 0 Å². The minimum atomic E-state index is 0. The molecule has 1 aliphatic rings. The number of guanidine groups is 1. The topological polar surface area (TPSA) is 67.1 Å². The average Bonchev–Trinajstić information content (AvgIpc) is 2.75. The maximum atomic E-state index is 4.67. The van der Waals surface area contributed by atoms with Gasteiger partial charge in [0.25, 0.3) is 0 Å². The van der Waals surface area contributed by atoms with E-state index in [0.29, 0.717) is 12.6 Å². The molecular weight excluding hydrogens is 403 g/mol. The van der Waals surface area contributed by atoms with Crippen molar-refractivity contribution in [3.63, 3.8) is 0 Å². The van der Waals surface area contributed by atoms with Gasteiger partial charge in [-0.15, -0.1) is 34.2 Å². The van der Waals surface area contributed by atoms with Crippen molar-refractivity contribution in [2.75, 3.05) is 6.54 Å². The molecule has 0 aromatic carbocycles. The van der Waals surface area contributed by atoms with Crippen molar-refractivity contribution in [1.29, 1.82) is 0 Å². The molecule has 1 aromatic heterocycles. The molecule has 2 unspecified atom stereocenters. The summed E-state index contributed by atoms with van der Waals surface area (Å²) in [4.78, 5) is 4.67. The number of halogens is 1. The van der Waals surface area contributed by atoms with E-state index in [0.717, 1.165) is 36.0 Å². The fraction of sp³-hybridized carbons (Fsp3) is 0.812. The van der Waals surface area contributed by atoms with Crippen molar-refractivity contribution in [1.82, 2.24) is 25.4 Å². The zero-order valence-electron chi connectivity index (χ0n) is 15.0. The molecule has 2 rings (SSSR count). The number of aromatic nitrogens is 3. The third kappa shape index (κ3) is 5.93. The predicted octanol–water partition coefficient (Wildman–Crippen LogP) is 2.62. The molecule has 2 atom stereocenters. The normalized spacial score (nSPS) is 24.9. The van der Waals surface area contributed by atoms with Gasteiger partial charge in [0, 0.05) is 19.6 Å². The summed E-state index contributed by atoms with van der Waals surface area (Å²) in [5, 5.41) is 15.2. The van der Waals surface area contributed by atoms with E-state index >= 15 is 0 Å². The number of hydrogen-bond acceptors (Lipinski definition) is 3. The Balaban J connectivity index is 0.00000264. The number of aliphatic imine (C=N–C) groups is 1. The van der Waals surface area contributed by atoms with E-state index in [9.17, 15) is 0 Å². The van der Waals surface area contributed by atoms with Crippen LogP contribution in [0.1, 0.15) is 51.7 Å². The first-order chi connectivity index (χ1) is 10.5. The Hall–Kier alpha value is -0.860. The highest BCUT2D eigenvalue weighted by molar-refractivity contribution is 14.0. The van der Waals surface area contributed by atoms with Crippen LogP contribution in [0.2, 0.25) is 0 Å². The van der Waals surface area contributed by atoms with Gasteiger partial charge in [-0.25, -0.2) is 4.99 Å². The summed E-state index contributed by atoms with van der Waals surface area (Å²) < 4.78 is 1.98. The second-order valence-electron chi connectivity index (χ2n) is 6.68. The molecule has 1 fully saturated rings. The zero-order chi connectivity index (χ0) is 16.1. The summed E-state index contributed by atoms with van der Waals surface area (Å²) in [6.07, 6.45) is 3.78. The lowest BCUT2D eigenvalue weighted by Gasteiger charge is -2.32. The van der Waals surface area contributed by atoms with E-state index in [-0.39, 0.29) is 24.0 Å². The number of rotatable bonds is 4. The predicted molar refractivity (Wildman–Crippen MR) is 105 cm³/mol. The maximum Gasteiger partial charge on any atom is 0.191 e. The lowest BCUT2D eigenvalue weighted by atomic mass is 9.80. The van der Waals surface area contributed by atoms with Gasteiger partial charge >= 0.3 is 0 Å². The van der Waals surface area contributed by atoms with Crippen molar-refractivity contribution in [3.8, 4) is 0 Å². The van der Waals surface area contributed by atoms with Gasteiger partial charge in [-0.05, 0) is 44.9 Å². The smallest absolute Gasteiger partial charge is 0.191 e. The molecule has 1 heterocycles. The molecular formula is C16H31IN6. The SMILES string of the molecule is CCNC(=NCc1nnc(C)n1C)NC1CC(C)CC(C)C1.I. The summed E-state index contributed by atoms with van der Waals surface area (Å²) in [5.41, 5.74) is 0. The molecule has 23 heavy (non-hydrogen) atoms.